The van der Waals surface area contributed by atoms with Gasteiger partial charge in [-0.05, 0) is 0 Å². The van der Waals surface area contributed by atoms with Gasteiger partial charge in [0.1, 0.15) is 0 Å². The Morgan fingerprint density at radius 1 is 0.714 bits per heavy atom. The van der Waals surface area contributed by atoms with Crippen molar-refractivity contribution < 1.29 is 10.9 Å². The number of halogens is 4. The SMILES string of the molecule is O.O.[I][Cr]([I])([I])[I]. The average Bonchev–Trinajstić information content (AvgIpc) is 0.722. The molecular formula is H4CrI4O2. The van der Waals surface area contributed by atoms with E-state index in [1.807, 2.05) is 0 Å². The molecule has 0 spiro atoms. The quantitative estimate of drug-likeness (QED) is 0.385. The van der Waals surface area contributed by atoms with E-state index in [0.29, 0.717) is 0 Å². The van der Waals surface area contributed by atoms with Gasteiger partial charge >= 0.3 is 81.0 Å². The fraction of sp³-hybridized carbons (Fsp3) is 0. The van der Waals surface area contributed by atoms with Gasteiger partial charge in [-0.3, -0.25) is 0 Å². The topological polar surface area (TPSA) is 63.0 Å². The molecule has 2 nitrogen and oxygen atoms in total. The Bertz CT molecular complexity index is 25.2. The van der Waals surface area contributed by atoms with E-state index in [4.69, 9.17) is 0 Å². The molecular weight excluding hydrogens is 592 g/mol. The van der Waals surface area contributed by atoms with Gasteiger partial charge in [-0.2, -0.15) is 0 Å². The summed E-state index contributed by atoms with van der Waals surface area (Å²) in [6, 6.07) is 0. The molecule has 0 radical (unpaired) electrons. The van der Waals surface area contributed by atoms with Crippen molar-refractivity contribution in [3.8, 4) is 0 Å². The number of rotatable bonds is 0. The van der Waals surface area contributed by atoms with Crippen molar-refractivity contribution in [3.63, 3.8) is 0 Å². The maximum atomic E-state index is 2.49. The van der Waals surface area contributed by atoms with Crippen LogP contribution in [0.3, 0.4) is 0 Å². The summed E-state index contributed by atoms with van der Waals surface area (Å²) in [7, 11) is 0. The third-order valence-corrected chi connectivity index (χ3v) is 0. The normalized spacial score (nSPS) is 10.9. The van der Waals surface area contributed by atoms with Crippen LogP contribution >= 0.6 is 81.1 Å². The van der Waals surface area contributed by atoms with E-state index in [1.165, 1.54) is 0 Å². The zero-order valence-electron chi connectivity index (χ0n) is 2.92. The van der Waals surface area contributed by atoms with Crippen LogP contribution in [0.15, 0.2) is 0 Å². The van der Waals surface area contributed by atoms with Crippen LogP contribution in [0.5, 0.6) is 0 Å². The summed E-state index contributed by atoms with van der Waals surface area (Å²) < 4.78 is -0.870. The predicted molar refractivity (Wildman–Crippen MR) is 63.3 cm³/mol. The van der Waals surface area contributed by atoms with Crippen molar-refractivity contribution in [1.82, 2.24) is 0 Å². The summed E-state index contributed by atoms with van der Waals surface area (Å²) in [6.07, 6.45) is 0. The molecule has 0 aliphatic heterocycles. The summed E-state index contributed by atoms with van der Waals surface area (Å²) in [6.45, 7) is 0. The van der Waals surface area contributed by atoms with E-state index < -0.39 is -0.0525 Å². The van der Waals surface area contributed by atoms with E-state index >= 15 is 0 Å². The zero-order chi connectivity index (χ0) is 4.50. The number of hydrogen-bond donors (Lipinski definition) is 0. The third-order valence-electron chi connectivity index (χ3n) is 0. The van der Waals surface area contributed by atoms with E-state index in [2.05, 4.69) is 81.1 Å². The first-order valence-electron chi connectivity index (χ1n) is 0.617. The Hall–Kier alpha value is 3.37. The van der Waals surface area contributed by atoms with Crippen LogP contribution in [0.1, 0.15) is 0 Å². The molecule has 7 heteroatoms. The van der Waals surface area contributed by atoms with Gasteiger partial charge in [-0.15, -0.1) is 0 Å². The van der Waals surface area contributed by atoms with Crippen molar-refractivity contribution in [2.75, 3.05) is 0 Å². The predicted octanol–water partition coefficient (Wildman–Crippen LogP) is 1.89. The summed E-state index contributed by atoms with van der Waals surface area (Å²) in [5.74, 6) is 0. The van der Waals surface area contributed by atoms with Crippen LogP contribution in [-0.2, 0) is -0.0525 Å². The molecule has 0 rings (SSSR count). The van der Waals surface area contributed by atoms with Crippen molar-refractivity contribution in [1.29, 1.82) is 0 Å². The summed E-state index contributed by atoms with van der Waals surface area (Å²) >= 11 is 9.98. The fourth-order valence-corrected chi connectivity index (χ4v) is 0. The van der Waals surface area contributed by atoms with Crippen LogP contribution in [0.2, 0.25) is 0 Å². The Balaban J connectivity index is -0.0000000800. The molecule has 0 bridgehead atoms. The Labute approximate surface area is 89.6 Å². The zero-order valence-corrected chi connectivity index (χ0v) is 12.8. The monoisotopic (exact) mass is 596 g/mol. The van der Waals surface area contributed by atoms with E-state index in [1.54, 1.807) is 0 Å². The van der Waals surface area contributed by atoms with Crippen LogP contribution in [0, 0.1) is 0 Å². The first-order chi connectivity index (χ1) is 2.00. The molecule has 0 aliphatic carbocycles. The van der Waals surface area contributed by atoms with Crippen LogP contribution in [-0.4, -0.2) is 11.0 Å². The molecule has 0 unspecified atom stereocenters. The van der Waals surface area contributed by atoms with Gasteiger partial charge < -0.3 is 11.0 Å². The van der Waals surface area contributed by atoms with Gasteiger partial charge in [0.05, 0.1) is 0 Å². The molecule has 50 valence electrons. The Kier molecular flexibility index (Phi) is 17.9. The standard InChI is InChI=1S/Cr.4HI.2H2O/h;4*1H;2*1H2/q+4;;;;;;/p-4. The molecule has 0 heterocycles. The van der Waals surface area contributed by atoms with Gasteiger partial charge in [0.2, 0.25) is 0 Å². The van der Waals surface area contributed by atoms with Crippen LogP contribution in [0.4, 0.5) is 0 Å². The van der Waals surface area contributed by atoms with Gasteiger partial charge in [-0.1, -0.05) is 0 Å². The molecule has 0 aromatic heterocycles. The fourth-order valence-electron chi connectivity index (χ4n) is 0. The molecule has 0 atom stereocenters. The van der Waals surface area contributed by atoms with Crippen molar-refractivity contribution in [3.05, 3.63) is 0 Å². The van der Waals surface area contributed by atoms with Gasteiger partial charge in [-0.25, -0.2) is 0 Å². The van der Waals surface area contributed by atoms with Crippen molar-refractivity contribution >= 4 is 81.1 Å². The molecule has 0 aromatic carbocycles. The molecule has 4 N–H and O–H groups in total. The second-order valence-corrected chi connectivity index (χ2v) is 64.9. The van der Waals surface area contributed by atoms with E-state index in [9.17, 15) is 0 Å². The Morgan fingerprint density at radius 3 is 0.714 bits per heavy atom. The first-order valence-corrected chi connectivity index (χ1v) is 17.1. The minimum atomic E-state index is -0.870. The molecule has 0 saturated carbocycles. The van der Waals surface area contributed by atoms with Gasteiger partial charge in [0, 0.05) is 0 Å². The van der Waals surface area contributed by atoms with Crippen molar-refractivity contribution in [2.45, 2.75) is 0 Å². The van der Waals surface area contributed by atoms with E-state index in [-0.39, 0.29) is 11.0 Å². The Morgan fingerprint density at radius 2 is 0.714 bits per heavy atom. The van der Waals surface area contributed by atoms with Gasteiger partial charge in [0.25, 0.3) is 0 Å². The molecule has 0 saturated heterocycles. The second-order valence-electron chi connectivity index (χ2n) is 0.350. The minimum absolute atomic E-state index is 0. The molecule has 7 heavy (non-hydrogen) atoms. The molecule has 0 amide bonds. The third kappa shape index (κ3) is 44.8. The maximum absolute atomic E-state index is 2.49. The van der Waals surface area contributed by atoms with Crippen molar-refractivity contribution in [2.24, 2.45) is 0 Å². The van der Waals surface area contributed by atoms with E-state index in [0.717, 1.165) is 0 Å². The average molecular weight is 596 g/mol. The molecule has 0 aromatic rings. The summed E-state index contributed by atoms with van der Waals surface area (Å²) in [5.41, 5.74) is 0. The van der Waals surface area contributed by atoms with Crippen LogP contribution < -0.4 is 0 Å². The van der Waals surface area contributed by atoms with Crippen LogP contribution in [0.25, 0.3) is 0 Å². The number of hydrogen-bond acceptors (Lipinski definition) is 0. The summed E-state index contributed by atoms with van der Waals surface area (Å²) in [5, 5.41) is 0. The first kappa shape index (κ1) is 16.8. The molecule has 0 aliphatic rings. The van der Waals surface area contributed by atoms with Gasteiger partial charge in [0.15, 0.2) is 0 Å². The second kappa shape index (κ2) is 7.48. The summed E-state index contributed by atoms with van der Waals surface area (Å²) in [4.78, 5) is 0. The molecule has 0 fully saturated rings.